The van der Waals surface area contributed by atoms with Gasteiger partial charge >= 0.3 is 0 Å². The fourth-order valence-electron chi connectivity index (χ4n) is 1.83. The lowest BCUT2D eigenvalue weighted by molar-refractivity contribution is 0.919. The van der Waals surface area contributed by atoms with Gasteiger partial charge in [0.05, 0.1) is 10.7 Å². The zero-order chi connectivity index (χ0) is 14.5. The second-order valence-corrected chi connectivity index (χ2v) is 5.30. The molecule has 106 valence electrons. The molecule has 1 N–H and O–H groups in total. The first kappa shape index (κ1) is 15.1. The van der Waals surface area contributed by atoms with Crippen molar-refractivity contribution in [1.29, 1.82) is 0 Å². The van der Waals surface area contributed by atoms with Gasteiger partial charge in [0.1, 0.15) is 11.6 Å². The van der Waals surface area contributed by atoms with E-state index in [-0.39, 0.29) is 0 Å². The van der Waals surface area contributed by atoms with Crippen LogP contribution in [0.3, 0.4) is 0 Å². The van der Waals surface area contributed by atoms with Gasteiger partial charge in [-0.05, 0) is 24.6 Å². The van der Waals surface area contributed by atoms with Crippen LogP contribution in [-0.2, 0) is 6.42 Å². The van der Waals surface area contributed by atoms with Crippen molar-refractivity contribution in [3.05, 3.63) is 40.1 Å². The Morgan fingerprint density at radius 3 is 2.55 bits per heavy atom. The van der Waals surface area contributed by atoms with E-state index >= 15 is 0 Å². The van der Waals surface area contributed by atoms with Crippen molar-refractivity contribution < 1.29 is 0 Å². The Hall–Kier alpha value is -1.32. The Kier molecular flexibility index (Phi) is 5.21. The molecule has 1 heterocycles. The van der Waals surface area contributed by atoms with E-state index in [1.54, 1.807) is 6.07 Å². The van der Waals surface area contributed by atoms with Crippen molar-refractivity contribution >= 4 is 29.0 Å². The Morgan fingerprint density at radius 1 is 1.10 bits per heavy atom. The third-order valence-electron chi connectivity index (χ3n) is 2.85. The first-order chi connectivity index (χ1) is 9.63. The highest BCUT2D eigenvalue weighted by atomic mass is 35.5. The highest BCUT2D eigenvalue weighted by Crippen LogP contribution is 2.30. The predicted octanol–water partition coefficient (Wildman–Crippen LogP) is 4.83. The molecule has 0 unspecified atom stereocenters. The van der Waals surface area contributed by atoms with Gasteiger partial charge in [-0.1, -0.05) is 37.0 Å². The van der Waals surface area contributed by atoms with Crippen LogP contribution >= 0.6 is 23.2 Å². The SMILES string of the molecule is CCCNc1cc(-c2ccc(Cl)cc2Cl)nc(CC)n1. The lowest BCUT2D eigenvalue weighted by Gasteiger charge is -2.10. The number of nitrogens with one attached hydrogen (secondary N) is 1. The zero-order valence-electron chi connectivity index (χ0n) is 11.6. The van der Waals surface area contributed by atoms with Gasteiger partial charge in [-0.2, -0.15) is 0 Å². The van der Waals surface area contributed by atoms with Crippen molar-refractivity contribution in [3.8, 4) is 11.3 Å². The number of benzene rings is 1. The van der Waals surface area contributed by atoms with Gasteiger partial charge in [0, 0.05) is 29.6 Å². The van der Waals surface area contributed by atoms with Crippen LogP contribution < -0.4 is 5.32 Å². The van der Waals surface area contributed by atoms with Gasteiger partial charge in [0.2, 0.25) is 0 Å². The number of hydrogen-bond donors (Lipinski definition) is 1. The molecule has 5 heteroatoms. The molecule has 0 spiro atoms. The summed E-state index contributed by atoms with van der Waals surface area (Å²) in [6.45, 7) is 5.03. The highest BCUT2D eigenvalue weighted by Gasteiger charge is 2.09. The second-order valence-electron chi connectivity index (χ2n) is 4.46. The summed E-state index contributed by atoms with van der Waals surface area (Å²) >= 11 is 12.2. The van der Waals surface area contributed by atoms with E-state index < -0.39 is 0 Å². The van der Waals surface area contributed by atoms with E-state index in [4.69, 9.17) is 23.2 Å². The van der Waals surface area contributed by atoms with E-state index in [2.05, 4.69) is 22.2 Å². The van der Waals surface area contributed by atoms with Gasteiger partial charge in [-0.15, -0.1) is 0 Å². The summed E-state index contributed by atoms with van der Waals surface area (Å²) in [5.41, 5.74) is 1.69. The van der Waals surface area contributed by atoms with Gasteiger partial charge in [0.25, 0.3) is 0 Å². The number of halogens is 2. The van der Waals surface area contributed by atoms with Gasteiger partial charge in [-0.3, -0.25) is 0 Å². The third-order valence-corrected chi connectivity index (χ3v) is 3.40. The monoisotopic (exact) mass is 309 g/mol. The van der Waals surface area contributed by atoms with Crippen LogP contribution in [0.1, 0.15) is 26.1 Å². The summed E-state index contributed by atoms with van der Waals surface area (Å²) in [5.74, 6) is 1.63. The molecule has 3 nitrogen and oxygen atoms in total. The molecular weight excluding hydrogens is 293 g/mol. The molecule has 2 rings (SSSR count). The topological polar surface area (TPSA) is 37.8 Å². The van der Waals surface area contributed by atoms with E-state index in [0.717, 1.165) is 42.3 Å². The molecule has 0 saturated heterocycles. The molecule has 0 radical (unpaired) electrons. The van der Waals surface area contributed by atoms with Crippen LogP contribution in [0.15, 0.2) is 24.3 Å². The fourth-order valence-corrected chi connectivity index (χ4v) is 2.34. The van der Waals surface area contributed by atoms with Crippen molar-refractivity contribution in [3.63, 3.8) is 0 Å². The number of rotatable bonds is 5. The normalized spacial score (nSPS) is 10.6. The van der Waals surface area contributed by atoms with E-state index in [9.17, 15) is 0 Å². The fraction of sp³-hybridized carbons (Fsp3) is 0.333. The summed E-state index contributed by atoms with van der Waals surface area (Å²) < 4.78 is 0. The van der Waals surface area contributed by atoms with Crippen molar-refractivity contribution in [2.45, 2.75) is 26.7 Å². The maximum Gasteiger partial charge on any atom is 0.131 e. The van der Waals surface area contributed by atoms with Gasteiger partial charge < -0.3 is 5.32 Å². The number of aryl methyl sites for hydroxylation is 1. The molecule has 0 aliphatic carbocycles. The van der Waals surface area contributed by atoms with E-state index in [1.165, 1.54) is 0 Å². The lowest BCUT2D eigenvalue weighted by atomic mass is 10.1. The van der Waals surface area contributed by atoms with Gasteiger partial charge in [0.15, 0.2) is 0 Å². The molecular formula is C15H17Cl2N3. The minimum atomic E-state index is 0.597. The summed E-state index contributed by atoms with van der Waals surface area (Å²) in [6, 6.07) is 7.35. The lowest BCUT2D eigenvalue weighted by Crippen LogP contribution is -2.05. The standard InChI is InChI=1S/C15H17Cl2N3/c1-3-7-18-15-9-13(19-14(4-2)20-15)11-6-5-10(16)8-12(11)17/h5-6,8-9H,3-4,7H2,1-2H3,(H,18,19,20). The molecule has 1 aromatic heterocycles. The first-order valence-corrected chi connectivity index (χ1v) is 7.47. The molecule has 0 aliphatic heterocycles. The summed E-state index contributed by atoms with van der Waals surface area (Å²) in [7, 11) is 0. The summed E-state index contributed by atoms with van der Waals surface area (Å²) in [6.07, 6.45) is 1.82. The Balaban J connectivity index is 2.44. The van der Waals surface area contributed by atoms with Crippen LogP contribution in [0.2, 0.25) is 10.0 Å². The number of hydrogen-bond acceptors (Lipinski definition) is 3. The molecule has 0 saturated carbocycles. The third kappa shape index (κ3) is 3.62. The summed E-state index contributed by atoms with van der Waals surface area (Å²) in [4.78, 5) is 9.01. The Bertz CT molecular complexity index is 600. The highest BCUT2D eigenvalue weighted by molar-refractivity contribution is 6.36. The second kappa shape index (κ2) is 6.91. The van der Waals surface area contributed by atoms with Crippen molar-refractivity contribution in [2.75, 3.05) is 11.9 Å². The molecule has 1 aromatic carbocycles. The zero-order valence-corrected chi connectivity index (χ0v) is 13.1. The molecule has 0 bridgehead atoms. The van der Waals surface area contributed by atoms with Crippen LogP contribution in [0, 0.1) is 0 Å². The average molecular weight is 310 g/mol. The van der Waals surface area contributed by atoms with Crippen LogP contribution in [0.5, 0.6) is 0 Å². The van der Waals surface area contributed by atoms with Crippen LogP contribution in [-0.4, -0.2) is 16.5 Å². The van der Waals surface area contributed by atoms with Crippen molar-refractivity contribution in [1.82, 2.24) is 9.97 Å². The molecule has 0 amide bonds. The molecule has 0 aliphatic rings. The van der Waals surface area contributed by atoms with E-state index in [1.807, 2.05) is 25.1 Å². The average Bonchev–Trinajstić information content (AvgIpc) is 2.44. The summed E-state index contributed by atoms with van der Waals surface area (Å²) in [5, 5.41) is 4.51. The number of aromatic nitrogens is 2. The maximum absolute atomic E-state index is 6.25. The van der Waals surface area contributed by atoms with Gasteiger partial charge in [-0.25, -0.2) is 9.97 Å². The minimum Gasteiger partial charge on any atom is -0.370 e. The molecule has 20 heavy (non-hydrogen) atoms. The predicted molar refractivity (Wildman–Crippen MR) is 85.6 cm³/mol. The van der Waals surface area contributed by atoms with Crippen molar-refractivity contribution in [2.24, 2.45) is 0 Å². The number of anilines is 1. The smallest absolute Gasteiger partial charge is 0.131 e. The molecule has 0 atom stereocenters. The van der Waals surface area contributed by atoms with E-state index in [0.29, 0.717) is 10.0 Å². The number of nitrogens with zero attached hydrogens (tertiary/aromatic N) is 2. The Morgan fingerprint density at radius 2 is 1.90 bits per heavy atom. The van der Waals surface area contributed by atoms with Crippen LogP contribution in [0.4, 0.5) is 5.82 Å². The molecule has 0 fully saturated rings. The molecule has 2 aromatic rings. The first-order valence-electron chi connectivity index (χ1n) is 6.71. The Labute approximate surface area is 129 Å². The quantitative estimate of drug-likeness (QED) is 0.859. The van der Waals surface area contributed by atoms with Crippen LogP contribution in [0.25, 0.3) is 11.3 Å². The minimum absolute atomic E-state index is 0.597. The largest absolute Gasteiger partial charge is 0.370 e. The maximum atomic E-state index is 6.25.